The van der Waals surface area contributed by atoms with Crippen molar-refractivity contribution in [3.8, 4) is 0 Å². The molecule has 1 atom stereocenters. The Bertz CT molecular complexity index is 809. The van der Waals surface area contributed by atoms with Gasteiger partial charge in [0, 0.05) is 51.7 Å². The highest BCUT2D eigenvalue weighted by Gasteiger charge is 2.57. The predicted molar refractivity (Wildman–Crippen MR) is 105 cm³/mol. The van der Waals surface area contributed by atoms with Crippen molar-refractivity contribution in [1.29, 1.82) is 0 Å². The molecule has 0 saturated heterocycles. The molecule has 7 nitrogen and oxygen atoms in total. The van der Waals surface area contributed by atoms with Crippen LogP contribution in [0.2, 0.25) is 5.15 Å². The maximum absolute atomic E-state index is 13.5. The third-order valence-corrected chi connectivity index (χ3v) is 4.47. The van der Waals surface area contributed by atoms with E-state index in [4.69, 9.17) is 11.6 Å². The van der Waals surface area contributed by atoms with Crippen molar-refractivity contribution in [1.82, 2.24) is 25.2 Å². The summed E-state index contributed by atoms with van der Waals surface area (Å²) in [7, 11) is 1.40. The fraction of sp³-hybridized carbons (Fsp3) is 0.500. The molecule has 2 aromatic heterocycles. The number of hydrogen-bond donors (Lipinski definition) is 3. The van der Waals surface area contributed by atoms with Crippen LogP contribution in [0.15, 0.2) is 35.7 Å². The monoisotopic (exact) mass is 432 g/mol. The Morgan fingerprint density at radius 1 is 1.28 bits per heavy atom. The van der Waals surface area contributed by atoms with Crippen molar-refractivity contribution in [3.63, 3.8) is 0 Å². The molecule has 2 heterocycles. The SMILES string of the molecule is CCNC(=NCCC(O)(c1nccn1C)C(F)(F)F)NCCc1ccc(Cl)nc1. The second-order valence-electron chi connectivity index (χ2n) is 6.40. The molecule has 0 amide bonds. The lowest BCUT2D eigenvalue weighted by Gasteiger charge is -2.29. The zero-order chi connectivity index (χ0) is 21.5. The van der Waals surface area contributed by atoms with Crippen LogP contribution in [0.1, 0.15) is 24.7 Å². The van der Waals surface area contributed by atoms with Crippen molar-refractivity contribution in [2.45, 2.75) is 31.5 Å². The largest absolute Gasteiger partial charge is 0.424 e. The number of pyridine rings is 1. The summed E-state index contributed by atoms with van der Waals surface area (Å²) >= 11 is 5.75. The number of aryl methyl sites for hydroxylation is 1. The summed E-state index contributed by atoms with van der Waals surface area (Å²) in [6.07, 6.45) is -0.675. The molecule has 0 aromatic carbocycles. The number of guanidine groups is 1. The molecule has 0 radical (unpaired) electrons. The van der Waals surface area contributed by atoms with E-state index in [1.54, 1.807) is 12.3 Å². The minimum Gasteiger partial charge on any atom is -0.374 e. The van der Waals surface area contributed by atoms with Gasteiger partial charge in [-0.15, -0.1) is 0 Å². The van der Waals surface area contributed by atoms with Gasteiger partial charge in [0.2, 0.25) is 5.60 Å². The van der Waals surface area contributed by atoms with E-state index >= 15 is 0 Å². The van der Waals surface area contributed by atoms with Gasteiger partial charge in [-0.05, 0) is 25.0 Å². The molecular weight excluding hydrogens is 409 g/mol. The second-order valence-corrected chi connectivity index (χ2v) is 6.78. The Kier molecular flexibility index (Phi) is 7.86. The molecule has 29 heavy (non-hydrogen) atoms. The van der Waals surface area contributed by atoms with Crippen LogP contribution in [0, 0.1) is 0 Å². The number of aliphatic hydroxyl groups is 1. The van der Waals surface area contributed by atoms with Gasteiger partial charge in [-0.2, -0.15) is 13.2 Å². The number of imidazole rings is 1. The van der Waals surface area contributed by atoms with Gasteiger partial charge in [-0.1, -0.05) is 17.7 Å². The molecule has 2 aromatic rings. The van der Waals surface area contributed by atoms with Crippen LogP contribution in [0.25, 0.3) is 0 Å². The van der Waals surface area contributed by atoms with Gasteiger partial charge in [-0.3, -0.25) is 4.99 Å². The molecule has 0 saturated carbocycles. The number of hydrogen-bond acceptors (Lipinski definition) is 4. The summed E-state index contributed by atoms with van der Waals surface area (Å²) in [5.74, 6) is -0.104. The van der Waals surface area contributed by atoms with Crippen molar-refractivity contribution < 1.29 is 18.3 Å². The molecule has 0 fully saturated rings. The first kappa shape index (κ1) is 23.0. The summed E-state index contributed by atoms with van der Waals surface area (Å²) in [6, 6.07) is 3.53. The van der Waals surface area contributed by atoms with E-state index in [1.165, 1.54) is 19.4 Å². The molecule has 3 N–H and O–H groups in total. The first-order valence-corrected chi connectivity index (χ1v) is 9.44. The molecule has 2 rings (SSSR count). The summed E-state index contributed by atoms with van der Waals surface area (Å²) in [5, 5.41) is 16.8. The number of alkyl halides is 3. The van der Waals surface area contributed by atoms with Gasteiger partial charge in [-0.25, -0.2) is 9.97 Å². The average molecular weight is 433 g/mol. The van der Waals surface area contributed by atoms with Crippen molar-refractivity contribution in [2.24, 2.45) is 12.0 Å². The number of aromatic nitrogens is 3. The van der Waals surface area contributed by atoms with E-state index in [0.717, 1.165) is 10.1 Å². The van der Waals surface area contributed by atoms with Crippen molar-refractivity contribution >= 4 is 17.6 Å². The van der Waals surface area contributed by atoms with Crippen LogP contribution in [0.5, 0.6) is 0 Å². The summed E-state index contributed by atoms with van der Waals surface area (Å²) in [5.41, 5.74) is -2.12. The smallest absolute Gasteiger partial charge is 0.374 e. The number of nitrogens with one attached hydrogen (secondary N) is 2. The van der Waals surface area contributed by atoms with Crippen molar-refractivity contribution in [3.05, 3.63) is 47.3 Å². The van der Waals surface area contributed by atoms with Gasteiger partial charge >= 0.3 is 6.18 Å². The number of nitrogens with zero attached hydrogens (tertiary/aromatic N) is 4. The fourth-order valence-corrected chi connectivity index (χ4v) is 2.81. The van der Waals surface area contributed by atoms with Crippen LogP contribution in [0.4, 0.5) is 13.2 Å². The minimum absolute atomic E-state index is 0.249. The van der Waals surface area contributed by atoms with Gasteiger partial charge < -0.3 is 20.3 Å². The Labute approximate surface area is 172 Å². The molecule has 0 aliphatic carbocycles. The maximum Gasteiger partial charge on any atom is 0.424 e. The molecule has 160 valence electrons. The number of aliphatic imine (C=N–C) groups is 1. The fourth-order valence-electron chi connectivity index (χ4n) is 2.70. The Balaban J connectivity index is 2.00. The molecule has 0 spiro atoms. The molecule has 0 aliphatic rings. The lowest BCUT2D eigenvalue weighted by atomic mass is 9.98. The third-order valence-electron chi connectivity index (χ3n) is 4.24. The van der Waals surface area contributed by atoms with Gasteiger partial charge in [0.1, 0.15) is 11.0 Å². The summed E-state index contributed by atoms with van der Waals surface area (Å²) in [4.78, 5) is 11.8. The van der Waals surface area contributed by atoms with Crippen molar-refractivity contribution in [2.75, 3.05) is 19.6 Å². The number of halogens is 4. The Hall–Kier alpha value is -2.33. The minimum atomic E-state index is -4.88. The molecule has 0 aliphatic heterocycles. The van der Waals surface area contributed by atoms with Crippen LogP contribution in [-0.4, -0.2) is 51.4 Å². The van der Waals surface area contributed by atoms with E-state index in [-0.39, 0.29) is 6.54 Å². The van der Waals surface area contributed by atoms with Gasteiger partial charge in [0.25, 0.3) is 0 Å². The average Bonchev–Trinajstić information content (AvgIpc) is 3.08. The predicted octanol–water partition coefficient (Wildman–Crippen LogP) is 2.41. The van der Waals surface area contributed by atoms with E-state index in [1.807, 2.05) is 13.0 Å². The standard InChI is InChI=1S/C18H24ClF3N6O/c1-3-23-16(25-8-6-13-4-5-14(19)27-12-13)26-9-7-17(29,18(20,21)22)15-24-10-11-28(15)2/h4-5,10-12,29H,3,6-9H2,1-2H3,(H2,23,25,26). The van der Waals surface area contributed by atoms with Gasteiger partial charge in [0.05, 0.1) is 0 Å². The maximum atomic E-state index is 13.5. The van der Waals surface area contributed by atoms with E-state index < -0.39 is 24.0 Å². The number of rotatable bonds is 8. The summed E-state index contributed by atoms with van der Waals surface area (Å²) in [6.45, 7) is 2.64. The van der Waals surface area contributed by atoms with Crippen LogP contribution in [0.3, 0.4) is 0 Å². The molecular formula is C18H24ClF3N6O. The quantitative estimate of drug-likeness (QED) is 0.339. The highest BCUT2D eigenvalue weighted by atomic mass is 35.5. The Morgan fingerprint density at radius 2 is 2.03 bits per heavy atom. The highest BCUT2D eigenvalue weighted by molar-refractivity contribution is 6.29. The topological polar surface area (TPSA) is 87.4 Å². The normalized spacial score (nSPS) is 14.5. The first-order chi connectivity index (χ1) is 13.7. The van der Waals surface area contributed by atoms with Crippen LogP contribution in [-0.2, 0) is 19.1 Å². The van der Waals surface area contributed by atoms with Crippen LogP contribution < -0.4 is 10.6 Å². The zero-order valence-electron chi connectivity index (χ0n) is 16.2. The van der Waals surface area contributed by atoms with E-state index in [9.17, 15) is 18.3 Å². The van der Waals surface area contributed by atoms with E-state index in [2.05, 4.69) is 25.6 Å². The lowest BCUT2D eigenvalue weighted by molar-refractivity contribution is -0.272. The van der Waals surface area contributed by atoms with Crippen LogP contribution >= 0.6 is 11.6 Å². The molecule has 11 heteroatoms. The highest BCUT2D eigenvalue weighted by Crippen LogP contribution is 2.40. The zero-order valence-corrected chi connectivity index (χ0v) is 16.9. The third kappa shape index (κ3) is 6.07. The first-order valence-electron chi connectivity index (χ1n) is 9.07. The summed E-state index contributed by atoms with van der Waals surface area (Å²) < 4.78 is 41.8. The lowest BCUT2D eigenvalue weighted by Crippen LogP contribution is -2.45. The second kappa shape index (κ2) is 9.93. The van der Waals surface area contributed by atoms with E-state index in [0.29, 0.717) is 30.6 Å². The molecule has 0 bridgehead atoms. The van der Waals surface area contributed by atoms with Gasteiger partial charge in [0.15, 0.2) is 5.96 Å². The Morgan fingerprint density at radius 3 is 2.59 bits per heavy atom. The molecule has 1 unspecified atom stereocenters.